The van der Waals surface area contributed by atoms with Gasteiger partial charge in [0.15, 0.2) is 0 Å². The molecule has 0 amide bonds. The van der Waals surface area contributed by atoms with Gasteiger partial charge in [-0.3, -0.25) is 0 Å². The lowest BCUT2D eigenvalue weighted by atomic mass is 10.2. The van der Waals surface area contributed by atoms with Crippen molar-refractivity contribution in [3.8, 4) is 0 Å². The van der Waals surface area contributed by atoms with Crippen LogP contribution < -0.4 is 5.32 Å². The first-order valence-corrected chi connectivity index (χ1v) is 5.29. The Morgan fingerprint density at radius 2 is 2.20 bits per heavy atom. The van der Waals surface area contributed by atoms with Gasteiger partial charge in [0.1, 0.15) is 5.82 Å². The van der Waals surface area contributed by atoms with Gasteiger partial charge in [-0.05, 0) is 19.1 Å². The van der Waals surface area contributed by atoms with Gasteiger partial charge in [0.25, 0.3) is 0 Å². The summed E-state index contributed by atoms with van der Waals surface area (Å²) in [6, 6.07) is 10.4. The van der Waals surface area contributed by atoms with E-state index in [0.717, 1.165) is 31.1 Å². The summed E-state index contributed by atoms with van der Waals surface area (Å²) in [4.78, 5) is 3.31. The van der Waals surface area contributed by atoms with Crippen molar-refractivity contribution in [2.75, 3.05) is 25.1 Å². The molecule has 0 aliphatic heterocycles. The van der Waals surface area contributed by atoms with Crippen LogP contribution in [-0.4, -0.2) is 24.7 Å². The molecule has 0 aliphatic rings. The Morgan fingerprint density at radius 1 is 1.33 bits per heavy atom. The Morgan fingerprint density at radius 3 is 3.00 bits per heavy atom. The smallest absolute Gasteiger partial charge is 0.104 e. The second-order valence-corrected chi connectivity index (χ2v) is 3.39. The molecule has 0 saturated heterocycles. The van der Waals surface area contributed by atoms with Crippen molar-refractivity contribution in [1.82, 2.24) is 4.98 Å². The van der Waals surface area contributed by atoms with E-state index in [1.807, 2.05) is 19.1 Å². The van der Waals surface area contributed by atoms with Crippen molar-refractivity contribution in [2.45, 2.75) is 6.92 Å². The van der Waals surface area contributed by atoms with Gasteiger partial charge in [0.2, 0.25) is 0 Å². The Hall–Kier alpha value is -1.48. The minimum absolute atomic E-state index is 0.742. The first-order valence-electron chi connectivity index (χ1n) is 5.29. The van der Waals surface area contributed by atoms with Gasteiger partial charge >= 0.3 is 0 Å². The maximum Gasteiger partial charge on any atom is 0.104 e. The van der Waals surface area contributed by atoms with Crippen molar-refractivity contribution in [2.24, 2.45) is 0 Å². The number of hydrogen-bond donors (Lipinski definition) is 2. The number of aromatic nitrogens is 1. The minimum Gasteiger partial charge on any atom is -0.380 e. The lowest BCUT2D eigenvalue weighted by molar-refractivity contribution is 0.158. The van der Waals surface area contributed by atoms with E-state index < -0.39 is 0 Å². The van der Waals surface area contributed by atoms with Crippen LogP contribution in [0.1, 0.15) is 6.92 Å². The van der Waals surface area contributed by atoms with Crippen LogP contribution in [0.3, 0.4) is 0 Å². The van der Waals surface area contributed by atoms with E-state index in [4.69, 9.17) is 4.74 Å². The van der Waals surface area contributed by atoms with Gasteiger partial charge in [-0.25, -0.2) is 0 Å². The second-order valence-electron chi connectivity index (χ2n) is 3.39. The van der Waals surface area contributed by atoms with Crippen molar-refractivity contribution < 1.29 is 4.74 Å². The van der Waals surface area contributed by atoms with Gasteiger partial charge in [-0.15, -0.1) is 0 Å². The molecule has 2 N–H and O–H groups in total. The average molecular weight is 204 g/mol. The zero-order chi connectivity index (χ0) is 10.5. The molecule has 2 aromatic rings. The third kappa shape index (κ3) is 2.50. The van der Waals surface area contributed by atoms with E-state index in [9.17, 15) is 0 Å². The Bertz CT molecular complexity index is 389. The molecular weight excluding hydrogens is 188 g/mol. The lowest BCUT2D eigenvalue weighted by Crippen LogP contribution is -2.09. The minimum atomic E-state index is 0.742. The fourth-order valence-electron chi connectivity index (χ4n) is 1.57. The number of aromatic amines is 1. The second kappa shape index (κ2) is 4.84. The summed E-state index contributed by atoms with van der Waals surface area (Å²) >= 11 is 0. The van der Waals surface area contributed by atoms with Crippen molar-refractivity contribution >= 4 is 16.7 Å². The largest absolute Gasteiger partial charge is 0.380 e. The third-order valence-electron chi connectivity index (χ3n) is 2.30. The summed E-state index contributed by atoms with van der Waals surface area (Å²) in [7, 11) is 0. The molecule has 3 heteroatoms. The highest BCUT2D eigenvalue weighted by molar-refractivity contribution is 5.83. The predicted molar refractivity (Wildman–Crippen MR) is 63.3 cm³/mol. The number of benzene rings is 1. The molecule has 2 rings (SSSR count). The molecule has 15 heavy (non-hydrogen) atoms. The highest BCUT2D eigenvalue weighted by Crippen LogP contribution is 2.17. The Kier molecular flexibility index (Phi) is 3.25. The summed E-state index contributed by atoms with van der Waals surface area (Å²) in [6.07, 6.45) is 0. The van der Waals surface area contributed by atoms with E-state index in [2.05, 4.69) is 28.5 Å². The van der Waals surface area contributed by atoms with E-state index in [0.29, 0.717) is 0 Å². The number of rotatable bonds is 5. The number of ether oxygens (including phenoxy) is 1. The number of H-pyrrole nitrogens is 1. The van der Waals surface area contributed by atoms with Crippen molar-refractivity contribution in [3.05, 3.63) is 30.3 Å². The zero-order valence-electron chi connectivity index (χ0n) is 8.92. The molecule has 80 valence electrons. The quantitative estimate of drug-likeness (QED) is 0.734. The van der Waals surface area contributed by atoms with E-state index in [1.54, 1.807) is 0 Å². The van der Waals surface area contributed by atoms with Crippen molar-refractivity contribution in [3.63, 3.8) is 0 Å². The van der Waals surface area contributed by atoms with Crippen LogP contribution in [0.4, 0.5) is 5.82 Å². The summed E-state index contributed by atoms with van der Waals surface area (Å²) in [5, 5.41) is 4.52. The fraction of sp³-hybridized carbons (Fsp3) is 0.333. The van der Waals surface area contributed by atoms with E-state index in [-0.39, 0.29) is 0 Å². The molecule has 0 aliphatic carbocycles. The maximum absolute atomic E-state index is 5.25. The molecule has 0 spiro atoms. The van der Waals surface area contributed by atoms with Crippen molar-refractivity contribution in [1.29, 1.82) is 0 Å². The number of fused-ring (bicyclic) bond motifs is 1. The number of anilines is 1. The molecule has 0 radical (unpaired) electrons. The number of hydrogen-bond acceptors (Lipinski definition) is 2. The predicted octanol–water partition coefficient (Wildman–Crippen LogP) is 2.62. The molecule has 0 bridgehead atoms. The average Bonchev–Trinajstić information content (AvgIpc) is 2.67. The van der Waals surface area contributed by atoms with Gasteiger partial charge in [0, 0.05) is 24.1 Å². The topological polar surface area (TPSA) is 37.0 Å². The van der Waals surface area contributed by atoms with Gasteiger partial charge < -0.3 is 15.0 Å². The van der Waals surface area contributed by atoms with Gasteiger partial charge in [0.05, 0.1) is 6.61 Å². The molecule has 0 unspecified atom stereocenters. The molecular formula is C12H16N2O. The summed E-state index contributed by atoms with van der Waals surface area (Å²) in [5.74, 6) is 1.05. The molecule has 0 saturated carbocycles. The molecule has 1 aromatic carbocycles. The third-order valence-corrected chi connectivity index (χ3v) is 2.30. The standard InChI is InChI=1S/C12H16N2O/c1-2-15-8-7-13-12-9-10-5-3-4-6-11(10)14-12/h3-6,9,13-14H,2,7-8H2,1H3. The number of para-hydroxylation sites is 1. The van der Waals surface area contributed by atoms with Crippen LogP contribution in [0.2, 0.25) is 0 Å². The van der Waals surface area contributed by atoms with Gasteiger partial charge in [-0.2, -0.15) is 0 Å². The van der Waals surface area contributed by atoms with Crippen LogP contribution in [0.25, 0.3) is 10.9 Å². The SMILES string of the molecule is CCOCCNc1cc2ccccc2[nH]1. The molecule has 1 heterocycles. The zero-order valence-corrected chi connectivity index (χ0v) is 8.92. The van der Waals surface area contributed by atoms with Crippen LogP contribution in [0.5, 0.6) is 0 Å². The molecule has 0 fully saturated rings. The lowest BCUT2D eigenvalue weighted by Gasteiger charge is -2.02. The highest BCUT2D eigenvalue weighted by Gasteiger charge is 1.97. The first-order chi connectivity index (χ1) is 7.40. The summed E-state index contributed by atoms with van der Waals surface area (Å²) in [6.45, 7) is 4.35. The first kappa shape index (κ1) is 10.1. The van der Waals surface area contributed by atoms with Gasteiger partial charge in [-0.1, -0.05) is 18.2 Å². The van der Waals surface area contributed by atoms with Crippen LogP contribution in [0.15, 0.2) is 30.3 Å². The summed E-state index contributed by atoms with van der Waals surface area (Å²) in [5.41, 5.74) is 1.16. The van der Waals surface area contributed by atoms with Crippen LogP contribution in [-0.2, 0) is 4.74 Å². The normalized spacial score (nSPS) is 10.7. The van der Waals surface area contributed by atoms with E-state index >= 15 is 0 Å². The number of nitrogens with one attached hydrogen (secondary N) is 2. The monoisotopic (exact) mass is 204 g/mol. The Balaban J connectivity index is 1.97. The molecule has 1 aromatic heterocycles. The Labute approximate surface area is 89.4 Å². The fourth-order valence-corrected chi connectivity index (χ4v) is 1.57. The van der Waals surface area contributed by atoms with Crippen LogP contribution >= 0.6 is 0 Å². The van der Waals surface area contributed by atoms with Crippen LogP contribution in [0, 0.1) is 0 Å². The highest BCUT2D eigenvalue weighted by atomic mass is 16.5. The molecule has 3 nitrogen and oxygen atoms in total. The molecule has 0 atom stereocenters. The summed E-state index contributed by atoms with van der Waals surface area (Å²) < 4.78 is 5.25. The van der Waals surface area contributed by atoms with E-state index in [1.165, 1.54) is 5.39 Å². The maximum atomic E-state index is 5.25.